The van der Waals surface area contributed by atoms with E-state index in [9.17, 15) is 8.42 Å². The van der Waals surface area contributed by atoms with E-state index in [4.69, 9.17) is 11.6 Å². The smallest absolute Gasteiger partial charge is 0.212 e. The number of nitrogens with zero attached hydrogens (tertiary/aromatic N) is 1. The van der Waals surface area contributed by atoms with Crippen LogP contribution in [-0.4, -0.2) is 30.4 Å². The number of hydrogen-bond donors (Lipinski definition) is 0. The summed E-state index contributed by atoms with van der Waals surface area (Å²) in [5.74, 6) is 0.501. The summed E-state index contributed by atoms with van der Waals surface area (Å²) in [6.45, 7) is 4.38. The molecule has 1 atom stereocenters. The van der Waals surface area contributed by atoms with Gasteiger partial charge in [0.1, 0.15) is 0 Å². The third kappa shape index (κ3) is 4.21. The van der Waals surface area contributed by atoms with Gasteiger partial charge >= 0.3 is 0 Å². The molecule has 1 aromatic carbocycles. The molecule has 0 radical (unpaired) electrons. The fraction of sp³-hybridized carbons (Fsp3) is 0.600. The predicted octanol–water partition coefficient (Wildman–Crippen LogP) is 3.16. The van der Waals surface area contributed by atoms with E-state index < -0.39 is 10.0 Å². The molecule has 1 aliphatic carbocycles. The summed E-state index contributed by atoms with van der Waals surface area (Å²) in [5.41, 5.74) is 2.21. The van der Waals surface area contributed by atoms with Crippen LogP contribution in [0.25, 0.3) is 0 Å². The first kappa shape index (κ1) is 15.8. The van der Waals surface area contributed by atoms with Crippen LogP contribution in [0.15, 0.2) is 24.3 Å². The summed E-state index contributed by atoms with van der Waals surface area (Å²) >= 11 is 5.76. The van der Waals surface area contributed by atoms with E-state index in [2.05, 4.69) is 6.07 Å². The van der Waals surface area contributed by atoms with Gasteiger partial charge in [0.05, 0.1) is 5.75 Å². The Morgan fingerprint density at radius 3 is 2.65 bits per heavy atom. The molecule has 1 saturated carbocycles. The standard InChI is InChI=1S/C15H22ClNO2S/c1-12-4-3-5-14(8-12)10-17(15-6-7-15)20(18,19)11-13(2)9-16/h3-5,8,13,15H,6-7,9-11H2,1-2H3. The van der Waals surface area contributed by atoms with Gasteiger partial charge in [0, 0.05) is 18.5 Å². The van der Waals surface area contributed by atoms with E-state index in [0.29, 0.717) is 12.4 Å². The van der Waals surface area contributed by atoms with Crippen LogP contribution in [0.1, 0.15) is 30.9 Å². The van der Waals surface area contributed by atoms with Crippen molar-refractivity contribution in [2.24, 2.45) is 5.92 Å². The molecule has 1 aliphatic rings. The van der Waals surface area contributed by atoms with Crippen LogP contribution in [-0.2, 0) is 16.6 Å². The zero-order valence-corrected chi connectivity index (χ0v) is 13.6. The summed E-state index contributed by atoms with van der Waals surface area (Å²) in [6, 6.07) is 8.22. The van der Waals surface area contributed by atoms with Crippen molar-refractivity contribution < 1.29 is 8.42 Å². The highest BCUT2D eigenvalue weighted by molar-refractivity contribution is 7.89. The third-order valence-corrected chi connectivity index (χ3v) is 6.15. The fourth-order valence-corrected chi connectivity index (χ4v) is 4.59. The summed E-state index contributed by atoms with van der Waals surface area (Å²) in [6.07, 6.45) is 1.95. The molecule has 20 heavy (non-hydrogen) atoms. The SMILES string of the molecule is Cc1cccc(CN(C2CC2)S(=O)(=O)CC(C)CCl)c1. The Hall–Kier alpha value is -0.580. The maximum Gasteiger partial charge on any atom is 0.214 e. The van der Waals surface area contributed by atoms with Gasteiger partial charge in [0.25, 0.3) is 0 Å². The Labute approximate surface area is 127 Å². The van der Waals surface area contributed by atoms with Gasteiger partial charge < -0.3 is 0 Å². The van der Waals surface area contributed by atoms with E-state index in [1.807, 2.05) is 32.0 Å². The maximum atomic E-state index is 12.5. The van der Waals surface area contributed by atoms with E-state index in [1.165, 1.54) is 0 Å². The van der Waals surface area contributed by atoms with E-state index in [0.717, 1.165) is 24.0 Å². The monoisotopic (exact) mass is 315 g/mol. The number of alkyl halides is 1. The molecule has 0 saturated heterocycles. The molecule has 3 nitrogen and oxygen atoms in total. The molecule has 112 valence electrons. The van der Waals surface area contributed by atoms with Gasteiger partial charge in [-0.05, 0) is 31.2 Å². The van der Waals surface area contributed by atoms with Gasteiger partial charge in [-0.3, -0.25) is 0 Å². The zero-order chi connectivity index (χ0) is 14.8. The minimum Gasteiger partial charge on any atom is -0.212 e. The first-order valence-corrected chi connectivity index (χ1v) is 9.18. The van der Waals surface area contributed by atoms with Crippen LogP contribution < -0.4 is 0 Å². The molecule has 0 bridgehead atoms. The topological polar surface area (TPSA) is 37.4 Å². The van der Waals surface area contributed by atoms with Crippen LogP contribution >= 0.6 is 11.6 Å². The second-order valence-corrected chi connectivity index (χ2v) is 8.08. The van der Waals surface area contributed by atoms with E-state index >= 15 is 0 Å². The van der Waals surface area contributed by atoms with Crippen molar-refractivity contribution in [3.05, 3.63) is 35.4 Å². The van der Waals surface area contributed by atoms with Crippen molar-refractivity contribution in [2.75, 3.05) is 11.6 Å². The highest BCUT2D eigenvalue weighted by Gasteiger charge is 2.37. The molecular weight excluding hydrogens is 294 g/mol. The van der Waals surface area contributed by atoms with Crippen molar-refractivity contribution in [1.82, 2.24) is 4.31 Å². The lowest BCUT2D eigenvalue weighted by atomic mass is 10.1. The van der Waals surface area contributed by atoms with Gasteiger partial charge in [-0.2, -0.15) is 4.31 Å². The lowest BCUT2D eigenvalue weighted by Crippen LogP contribution is -2.36. The number of benzene rings is 1. The molecule has 0 aromatic heterocycles. The van der Waals surface area contributed by atoms with Gasteiger partial charge in [-0.1, -0.05) is 36.8 Å². The highest BCUT2D eigenvalue weighted by Crippen LogP contribution is 2.31. The fourth-order valence-electron chi connectivity index (χ4n) is 2.31. The molecule has 0 spiro atoms. The van der Waals surface area contributed by atoms with E-state index in [1.54, 1.807) is 4.31 Å². The van der Waals surface area contributed by atoms with E-state index in [-0.39, 0.29) is 17.7 Å². The van der Waals surface area contributed by atoms with Crippen LogP contribution in [0.5, 0.6) is 0 Å². The molecule has 0 heterocycles. The molecule has 0 N–H and O–H groups in total. The highest BCUT2D eigenvalue weighted by atomic mass is 35.5. The quantitative estimate of drug-likeness (QED) is 0.725. The lowest BCUT2D eigenvalue weighted by Gasteiger charge is -2.23. The van der Waals surface area contributed by atoms with Crippen molar-refractivity contribution in [2.45, 2.75) is 39.3 Å². The first-order chi connectivity index (χ1) is 9.42. The molecular formula is C15H22ClNO2S. The Morgan fingerprint density at radius 2 is 2.10 bits per heavy atom. The normalized spacial score (nSPS) is 17.4. The third-order valence-electron chi connectivity index (χ3n) is 3.49. The average Bonchev–Trinajstić information content (AvgIpc) is 3.19. The molecule has 1 aromatic rings. The molecule has 0 amide bonds. The Balaban J connectivity index is 2.15. The van der Waals surface area contributed by atoms with Gasteiger partial charge in [0.2, 0.25) is 10.0 Å². The predicted molar refractivity (Wildman–Crippen MR) is 83.4 cm³/mol. The number of sulfonamides is 1. The van der Waals surface area contributed by atoms with Gasteiger partial charge in [0.15, 0.2) is 0 Å². The zero-order valence-electron chi connectivity index (χ0n) is 12.0. The van der Waals surface area contributed by atoms with Crippen molar-refractivity contribution in [1.29, 1.82) is 0 Å². The first-order valence-electron chi connectivity index (χ1n) is 7.03. The maximum absolute atomic E-state index is 12.5. The molecule has 1 fully saturated rings. The second kappa shape index (κ2) is 6.46. The van der Waals surface area contributed by atoms with Gasteiger partial charge in [-0.25, -0.2) is 8.42 Å². The average molecular weight is 316 g/mol. The lowest BCUT2D eigenvalue weighted by molar-refractivity contribution is 0.395. The molecule has 5 heteroatoms. The van der Waals surface area contributed by atoms with Crippen LogP contribution in [0.2, 0.25) is 0 Å². The summed E-state index contributed by atoms with van der Waals surface area (Å²) < 4.78 is 26.7. The van der Waals surface area contributed by atoms with Crippen LogP contribution in [0.3, 0.4) is 0 Å². The minimum absolute atomic E-state index is 0.0135. The Bertz CT molecular complexity index is 555. The molecule has 2 rings (SSSR count). The Kier molecular flexibility index (Phi) is 5.10. The minimum atomic E-state index is -3.23. The second-order valence-electron chi connectivity index (χ2n) is 5.80. The number of aryl methyl sites for hydroxylation is 1. The molecule has 1 unspecified atom stereocenters. The number of hydrogen-bond acceptors (Lipinski definition) is 2. The summed E-state index contributed by atoms with van der Waals surface area (Å²) in [4.78, 5) is 0. The Morgan fingerprint density at radius 1 is 1.40 bits per heavy atom. The van der Waals surface area contributed by atoms with Gasteiger partial charge in [-0.15, -0.1) is 11.6 Å². The number of halogens is 1. The van der Waals surface area contributed by atoms with Crippen LogP contribution in [0, 0.1) is 12.8 Å². The number of rotatable bonds is 7. The van der Waals surface area contributed by atoms with Crippen molar-refractivity contribution in [3.63, 3.8) is 0 Å². The summed E-state index contributed by atoms with van der Waals surface area (Å²) in [7, 11) is -3.23. The van der Waals surface area contributed by atoms with Crippen LogP contribution in [0.4, 0.5) is 0 Å². The summed E-state index contributed by atoms with van der Waals surface area (Å²) in [5, 5.41) is 0. The largest absolute Gasteiger partial charge is 0.214 e. The molecule has 0 aliphatic heterocycles. The van der Waals surface area contributed by atoms with Crippen molar-refractivity contribution in [3.8, 4) is 0 Å². The van der Waals surface area contributed by atoms with Crippen molar-refractivity contribution >= 4 is 21.6 Å².